The second-order valence-corrected chi connectivity index (χ2v) is 18.1. The zero-order valence-corrected chi connectivity index (χ0v) is 36.0. The van der Waals surface area contributed by atoms with E-state index in [2.05, 4.69) is 71.9 Å². The fourth-order valence-electron chi connectivity index (χ4n) is 10.0. The molecule has 0 amide bonds. The molecule has 0 N–H and O–H groups in total. The van der Waals surface area contributed by atoms with Gasteiger partial charge in [0.2, 0.25) is 23.5 Å². The van der Waals surface area contributed by atoms with Crippen molar-refractivity contribution in [2.75, 3.05) is 0 Å². The molecule has 2 aliphatic rings. The predicted octanol–water partition coefficient (Wildman–Crippen LogP) is 12.3. The summed E-state index contributed by atoms with van der Waals surface area (Å²) in [5.74, 6) is 3.30. The van der Waals surface area contributed by atoms with Gasteiger partial charge in [0.25, 0.3) is 0 Å². The second kappa shape index (κ2) is 14.5. The van der Waals surface area contributed by atoms with E-state index in [1.807, 2.05) is 97.1 Å². The van der Waals surface area contributed by atoms with Crippen molar-refractivity contribution in [3.8, 4) is 46.5 Å². The van der Waals surface area contributed by atoms with Crippen molar-refractivity contribution in [1.82, 2.24) is 39.9 Å². The van der Waals surface area contributed by atoms with Crippen LogP contribution in [0.15, 0.2) is 146 Å². The topological polar surface area (TPSA) is 140 Å². The highest BCUT2D eigenvalue weighted by atomic mass is 16.5. The number of aromatic nitrogens is 8. The van der Waals surface area contributed by atoms with Crippen LogP contribution in [0, 0.1) is 0 Å². The largest absolute Gasteiger partial charge is 0.434 e. The van der Waals surface area contributed by atoms with E-state index in [1.165, 1.54) is 0 Å². The summed E-state index contributed by atoms with van der Waals surface area (Å²) >= 11 is 0. The Morgan fingerprint density at radius 1 is 0.338 bits per heavy atom. The molecule has 4 aromatic heterocycles. The molecular weight excluding hydrogens is 813 g/mol. The standard InChI is InChI=1S/C53H40N8O4/c1-51(2)29-53(33-23-45(64-49-27-56-37-15-7-11-19-41(37)60-49)43(21-31(33)51)62-47-25-54-35-13-5-9-17-39(35)58-47)30-52(3,4)32-22-44(63-48-26-55-36-14-6-10-18-40(36)59-48)46(24-34(32)53)65-50-28-57-38-16-8-12-20-42(38)61-50/h5-28H,29-30H2,1-4H3. The summed E-state index contributed by atoms with van der Waals surface area (Å²) in [6.07, 6.45) is 8.16. The summed E-state index contributed by atoms with van der Waals surface area (Å²) in [6.45, 7) is 9.16. The second-order valence-electron chi connectivity index (χ2n) is 18.1. The van der Waals surface area contributed by atoms with Gasteiger partial charge in [-0.05, 0) is 119 Å². The van der Waals surface area contributed by atoms with E-state index in [-0.39, 0.29) is 10.8 Å². The molecule has 0 unspecified atom stereocenters. The van der Waals surface area contributed by atoms with Crippen LogP contribution in [-0.2, 0) is 16.2 Å². The Kier molecular flexibility index (Phi) is 8.58. The third-order valence-electron chi connectivity index (χ3n) is 12.7. The quantitative estimate of drug-likeness (QED) is 0.144. The average Bonchev–Trinajstić information content (AvgIpc) is 3.66. The first-order valence-corrected chi connectivity index (χ1v) is 21.5. The maximum absolute atomic E-state index is 6.75. The van der Waals surface area contributed by atoms with Gasteiger partial charge in [0, 0.05) is 5.41 Å². The fourth-order valence-corrected chi connectivity index (χ4v) is 10.0. The van der Waals surface area contributed by atoms with Crippen LogP contribution >= 0.6 is 0 Å². The van der Waals surface area contributed by atoms with E-state index in [0.717, 1.165) is 79.2 Å². The van der Waals surface area contributed by atoms with Crippen LogP contribution in [0.4, 0.5) is 0 Å². The highest BCUT2D eigenvalue weighted by molar-refractivity contribution is 5.77. The van der Waals surface area contributed by atoms with Gasteiger partial charge in [0.1, 0.15) is 0 Å². The Labute approximate surface area is 373 Å². The maximum Gasteiger partial charge on any atom is 0.238 e. The van der Waals surface area contributed by atoms with E-state index < -0.39 is 5.41 Å². The van der Waals surface area contributed by atoms with Gasteiger partial charge in [-0.2, -0.15) is 0 Å². The maximum atomic E-state index is 6.75. The summed E-state index contributed by atoms with van der Waals surface area (Å²) < 4.78 is 26.8. The van der Waals surface area contributed by atoms with Gasteiger partial charge >= 0.3 is 0 Å². The number of hydrogen-bond acceptors (Lipinski definition) is 12. The molecular formula is C53H40N8O4. The van der Waals surface area contributed by atoms with Crippen molar-refractivity contribution < 1.29 is 18.9 Å². The lowest BCUT2D eigenvalue weighted by atomic mass is 9.72. The van der Waals surface area contributed by atoms with Crippen LogP contribution < -0.4 is 18.9 Å². The van der Waals surface area contributed by atoms with Crippen LogP contribution in [-0.4, -0.2) is 39.9 Å². The molecule has 0 bridgehead atoms. The smallest absolute Gasteiger partial charge is 0.238 e. The molecule has 0 fully saturated rings. The van der Waals surface area contributed by atoms with Crippen molar-refractivity contribution in [2.45, 2.75) is 56.8 Å². The van der Waals surface area contributed by atoms with Crippen molar-refractivity contribution in [1.29, 1.82) is 0 Å². The first-order valence-electron chi connectivity index (χ1n) is 21.5. The van der Waals surface area contributed by atoms with Gasteiger partial charge in [0.05, 0.1) is 68.9 Å². The molecule has 316 valence electrons. The summed E-state index contributed by atoms with van der Waals surface area (Å²) in [7, 11) is 0. The number of para-hydroxylation sites is 8. The Morgan fingerprint density at radius 2 is 0.585 bits per heavy atom. The Morgan fingerprint density at radius 3 is 0.862 bits per heavy atom. The molecule has 12 rings (SSSR count). The van der Waals surface area contributed by atoms with Gasteiger partial charge in [-0.15, -0.1) is 0 Å². The third-order valence-corrected chi connectivity index (χ3v) is 12.7. The zero-order chi connectivity index (χ0) is 43.9. The molecule has 0 atom stereocenters. The molecule has 0 aliphatic heterocycles. The number of ether oxygens (including phenoxy) is 4. The van der Waals surface area contributed by atoms with Crippen molar-refractivity contribution in [3.05, 3.63) is 168 Å². The molecule has 0 saturated carbocycles. The van der Waals surface area contributed by atoms with Gasteiger partial charge < -0.3 is 18.9 Å². The minimum Gasteiger partial charge on any atom is -0.434 e. The molecule has 10 aromatic rings. The molecule has 65 heavy (non-hydrogen) atoms. The summed E-state index contributed by atoms with van der Waals surface area (Å²) in [5, 5.41) is 0. The van der Waals surface area contributed by atoms with E-state index in [0.29, 0.717) is 46.5 Å². The monoisotopic (exact) mass is 852 g/mol. The highest BCUT2D eigenvalue weighted by Crippen LogP contribution is 2.65. The molecule has 0 saturated heterocycles. The number of hydrogen-bond donors (Lipinski definition) is 0. The summed E-state index contributed by atoms with van der Waals surface area (Å²) in [6, 6.07) is 39.3. The minimum absolute atomic E-state index is 0.303. The number of nitrogens with zero attached hydrogens (tertiary/aromatic N) is 8. The van der Waals surface area contributed by atoms with Crippen molar-refractivity contribution in [2.24, 2.45) is 0 Å². The van der Waals surface area contributed by atoms with E-state index >= 15 is 0 Å². The van der Waals surface area contributed by atoms with Crippen LogP contribution in [0.5, 0.6) is 46.5 Å². The molecule has 12 nitrogen and oxygen atoms in total. The van der Waals surface area contributed by atoms with Gasteiger partial charge in [-0.1, -0.05) is 76.2 Å². The lowest BCUT2D eigenvalue weighted by molar-refractivity contribution is 0.349. The Bertz CT molecular complexity index is 3320. The summed E-state index contributed by atoms with van der Waals surface area (Å²) in [4.78, 5) is 37.9. The van der Waals surface area contributed by atoms with Gasteiger partial charge in [0.15, 0.2) is 23.0 Å². The SMILES string of the molecule is CC1(C)CC2(CC(C)(C)c3cc(Oc4cnc5ccccc5n4)c(Oc4cnc5ccccc5n4)cc32)c2cc(Oc3cnc4ccccc4n3)c(Oc3cnc4ccccc4n3)cc21. The summed E-state index contributed by atoms with van der Waals surface area (Å²) in [5.41, 5.74) is 9.40. The fraction of sp³-hybridized carbons (Fsp3) is 0.170. The minimum atomic E-state index is -0.486. The Hall–Kier alpha value is -8.12. The molecule has 2 aliphatic carbocycles. The van der Waals surface area contributed by atoms with Crippen LogP contribution in [0.1, 0.15) is 62.8 Å². The molecule has 6 aromatic carbocycles. The van der Waals surface area contributed by atoms with E-state index in [4.69, 9.17) is 38.9 Å². The average molecular weight is 853 g/mol. The van der Waals surface area contributed by atoms with E-state index in [9.17, 15) is 0 Å². The number of fused-ring (bicyclic) bond motifs is 8. The van der Waals surface area contributed by atoms with Crippen LogP contribution in [0.2, 0.25) is 0 Å². The first-order chi connectivity index (χ1) is 31.6. The predicted molar refractivity (Wildman–Crippen MR) is 247 cm³/mol. The van der Waals surface area contributed by atoms with Crippen LogP contribution in [0.25, 0.3) is 44.1 Å². The zero-order valence-electron chi connectivity index (χ0n) is 36.0. The lowest BCUT2D eigenvalue weighted by Gasteiger charge is -2.31. The third kappa shape index (κ3) is 6.68. The van der Waals surface area contributed by atoms with Gasteiger partial charge in [-0.3, -0.25) is 0 Å². The molecule has 4 heterocycles. The van der Waals surface area contributed by atoms with E-state index in [1.54, 1.807) is 24.8 Å². The highest BCUT2D eigenvalue weighted by Gasteiger charge is 2.57. The normalized spacial score (nSPS) is 15.3. The van der Waals surface area contributed by atoms with Crippen molar-refractivity contribution in [3.63, 3.8) is 0 Å². The molecule has 0 radical (unpaired) electrons. The molecule has 12 heteroatoms. The molecule has 1 spiro atoms. The lowest BCUT2D eigenvalue weighted by Crippen LogP contribution is -2.27. The van der Waals surface area contributed by atoms with Gasteiger partial charge in [-0.25, -0.2) is 39.9 Å². The number of benzene rings is 6. The first kappa shape index (κ1) is 38.5. The number of rotatable bonds is 8. The van der Waals surface area contributed by atoms with Crippen LogP contribution in [0.3, 0.4) is 0 Å². The Balaban J connectivity index is 1.02. The van der Waals surface area contributed by atoms with Crippen molar-refractivity contribution >= 4 is 44.1 Å².